The highest BCUT2D eigenvalue weighted by molar-refractivity contribution is 7.17. The number of primary amides is 1. The number of carbonyl (C=O) groups excluding carboxylic acids is 2. The lowest BCUT2D eigenvalue weighted by Crippen LogP contribution is -2.20. The second kappa shape index (κ2) is 7.16. The number of benzene rings is 2. The van der Waals surface area contributed by atoms with Crippen LogP contribution in [-0.4, -0.2) is 11.8 Å². The average Bonchev–Trinajstić information content (AvgIpc) is 2.98. The van der Waals surface area contributed by atoms with Crippen LogP contribution >= 0.6 is 11.3 Å². The van der Waals surface area contributed by atoms with Crippen LogP contribution in [0.5, 0.6) is 0 Å². The molecular formula is C22H22N2O2S. The van der Waals surface area contributed by atoms with Gasteiger partial charge in [-0.3, -0.25) is 9.59 Å². The molecule has 2 amide bonds. The maximum atomic E-state index is 12.6. The summed E-state index contributed by atoms with van der Waals surface area (Å²) >= 11 is 1.50. The Morgan fingerprint density at radius 3 is 2.74 bits per heavy atom. The van der Waals surface area contributed by atoms with E-state index in [9.17, 15) is 9.59 Å². The maximum Gasteiger partial charge on any atom is 0.251 e. The zero-order valence-corrected chi connectivity index (χ0v) is 16.1. The van der Waals surface area contributed by atoms with Crippen molar-refractivity contribution in [1.29, 1.82) is 0 Å². The van der Waals surface area contributed by atoms with Gasteiger partial charge in [-0.15, -0.1) is 11.3 Å². The Kier molecular flexibility index (Phi) is 4.70. The molecule has 1 heterocycles. The number of fused-ring (bicyclic) bond motifs is 2. The predicted molar refractivity (Wildman–Crippen MR) is 110 cm³/mol. The molecule has 1 aliphatic rings. The smallest absolute Gasteiger partial charge is 0.251 e. The SMILES string of the molecule is CC1CCc2c(sc(NC(=O)Cc3ccc4ccccc4c3)c2C(N)=O)C1. The van der Waals surface area contributed by atoms with Crippen LogP contribution in [0.4, 0.5) is 5.00 Å². The number of carbonyl (C=O) groups is 2. The molecule has 1 atom stereocenters. The summed E-state index contributed by atoms with van der Waals surface area (Å²) in [6.07, 6.45) is 3.11. The van der Waals surface area contributed by atoms with Gasteiger partial charge in [0.15, 0.2) is 0 Å². The van der Waals surface area contributed by atoms with Crippen molar-refractivity contribution in [2.75, 3.05) is 5.32 Å². The predicted octanol–water partition coefficient (Wildman–Crippen LogP) is 4.31. The summed E-state index contributed by atoms with van der Waals surface area (Å²) in [5.74, 6) is 0.0144. The van der Waals surface area contributed by atoms with Gasteiger partial charge < -0.3 is 11.1 Å². The topological polar surface area (TPSA) is 72.2 Å². The minimum absolute atomic E-state index is 0.126. The first-order chi connectivity index (χ1) is 13.0. The molecule has 3 N–H and O–H groups in total. The molecule has 0 bridgehead atoms. The first-order valence-corrected chi connectivity index (χ1v) is 10.0. The van der Waals surface area contributed by atoms with E-state index in [-0.39, 0.29) is 12.3 Å². The first-order valence-electron chi connectivity index (χ1n) is 9.23. The molecule has 3 aromatic rings. The number of amides is 2. The van der Waals surface area contributed by atoms with Gasteiger partial charge in [0.1, 0.15) is 5.00 Å². The molecule has 27 heavy (non-hydrogen) atoms. The molecule has 0 fully saturated rings. The van der Waals surface area contributed by atoms with Gasteiger partial charge >= 0.3 is 0 Å². The van der Waals surface area contributed by atoms with Crippen molar-refractivity contribution in [2.24, 2.45) is 11.7 Å². The van der Waals surface area contributed by atoms with E-state index in [0.717, 1.165) is 41.2 Å². The summed E-state index contributed by atoms with van der Waals surface area (Å²) in [7, 11) is 0. The van der Waals surface area contributed by atoms with E-state index in [1.807, 2.05) is 36.4 Å². The fraction of sp³-hybridized carbons (Fsp3) is 0.273. The second-order valence-corrected chi connectivity index (χ2v) is 8.43. The molecule has 5 heteroatoms. The molecule has 0 radical (unpaired) electrons. The Balaban J connectivity index is 1.56. The fourth-order valence-electron chi connectivity index (χ4n) is 3.80. The van der Waals surface area contributed by atoms with E-state index in [1.54, 1.807) is 0 Å². The molecule has 0 saturated carbocycles. The molecule has 2 aromatic carbocycles. The molecule has 1 aromatic heterocycles. The van der Waals surface area contributed by atoms with Crippen molar-refractivity contribution in [1.82, 2.24) is 0 Å². The number of thiophene rings is 1. The van der Waals surface area contributed by atoms with Crippen LogP contribution in [-0.2, 0) is 24.1 Å². The Bertz CT molecular complexity index is 1040. The van der Waals surface area contributed by atoms with Crippen molar-refractivity contribution >= 4 is 38.9 Å². The van der Waals surface area contributed by atoms with E-state index >= 15 is 0 Å². The van der Waals surface area contributed by atoms with Gasteiger partial charge in [-0.25, -0.2) is 0 Å². The largest absolute Gasteiger partial charge is 0.365 e. The van der Waals surface area contributed by atoms with E-state index < -0.39 is 5.91 Å². The third-order valence-corrected chi connectivity index (χ3v) is 6.36. The quantitative estimate of drug-likeness (QED) is 0.710. The lowest BCUT2D eigenvalue weighted by Gasteiger charge is -2.18. The van der Waals surface area contributed by atoms with Crippen LogP contribution in [0.3, 0.4) is 0 Å². The summed E-state index contributed by atoms with van der Waals surface area (Å²) < 4.78 is 0. The Hall–Kier alpha value is -2.66. The van der Waals surface area contributed by atoms with E-state index in [2.05, 4.69) is 18.3 Å². The standard InChI is InChI=1S/C22H22N2O2S/c1-13-6-9-17-18(10-13)27-22(20(17)21(23)26)24-19(25)12-14-7-8-15-4-2-3-5-16(15)11-14/h2-5,7-8,11,13H,6,9-10,12H2,1H3,(H2,23,26)(H,24,25). The van der Waals surface area contributed by atoms with Crippen molar-refractivity contribution in [2.45, 2.75) is 32.6 Å². The summed E-state index contributed by atoms with van der Waals surface area (Å²) in [6.45, 7) is 2.21. The summed E-state index contributed by atoms with van der Waals surface area (Å²) in [5.41, 5.74) is 8.11. The highest BCUT2D eigenvalue weighted by Gasteiger charge is 2.27. The summed E-state index contributed by atoms with van der Waals surface area (Å²) in [6, 6.07) is 14.1. The zero-order chi connectivity index (χ0) is 19.0. The molecule has 0 saturated heterocycles. The third kappa shape index (κ3) is 3.60. The van der Waals surface area contributed by atoms with Crippen LogP contribution in [0.2, 0.25) is 0 Å². The molecule has 4 rings (SSSR count). The molecule has 0 aliphatic heterocycles. The lowest BCUT2D eigenvalue weighted by molar-refractivity contribution is -0.115. The van der Waals surface area contributed by atoms with Crippen LogP contribution < -0.4 is 11.1 Å². The van der Waals surface area contributed by atoms with E-state index in [1.165, 1.54) is 16.2 Å². The van der Waals surface area contributed by atoms with E-state index in [4.69, 9.17) is 5.73 Å². The number of hydrogen-bond acceptors (Lipinski definition) is 3. The van der Waals surface area contributed by atoms with Crippen molar-refractivity contribution < 1.29 is 9.59 Å². The Morgan fingerprint density at radius 2 is 1.96 bits per heavy atom. The highest BCUT2D eigenvalue weighted by Crippen LogP contribution is 2.39. The monoisotopic (exact) mass is 378 g/mol. The van der Waals surface area contributed by atoms with E-state index in [0.29, 0.717) is 16.5 Å². The highest BCUT2D eigenvalue weighted by atomic mass is 32.1. The van der Waals surface area contributed by atoms with Gasteiger partial charge in [0.05, 0.1) is 12.0 Å². The normalized spacial score (nSPS) is 16.1. The number of hydrogen-bond donors (Lipinski definition) is 2. The Labute approximate surface area is 162 Å². The number of nitrogens with one attached hydrogen (secondary N) is 1. The number of rotatable bonds is 4. The molecule has 4 nitrogen and oxygen atoms in total. The lowest BCUT2D eigenvalue weighted by atomic mass is 9.88. The summed E-state index contributed by atoms with van der Waals surface area (Å²) in [5, 5.41) is 5.81. The van der Waals surface area contributed by atoms with Gasteiger partial charge in [-0.05, 0) is 47.1 Å². The zero-order valence-electron chi connectivity index (χ0n) is 15.2. The third-order valence-electron chi connectivity index (χ3n) is 5.19. The fourth-order valence-corrected chi connectivity index (χ4v) is 5.24. The van der Waals surface area contributed by atoms with Gasteiger partial charge in [-0.2, -0.15) is 0 Å². The van der Waals surface area contributed by atoms with Gasteiger partial charge in [0.2, 0.25) is 5.91 Å². The van der Waals surface area contributed by atoms with Crippen molar-refractivity contribution in [3.05, 3.63) is 64.0 Å². The maximum absolute atomic E-state index is 12.6. The van der Waals surface area contributed by atoms with Crippen LogP contribution in [0.25, 0.3) is 10.8 Å². The molecule has 1 unspecified atom stereocenters. The number of nitrogens with two attached hydrogens (primary N) is 1. The molecule has 1 aliphatic carbocycles. The molecular weight excluding hydrogens is 356 g/mol. The van der Waals surface area contributed by atoms with Crippen LogP contribution in [0, 0.1) is 5.92 Å². The Morgan fingerprint density at radius 1 is 1.19 bits per heavy atom. The van der Waals surface area contributed by atoms with Gasteiger partial charge in [0.25, 0.3) is 5.91 Å². The second-order valence-electron chi connectivity index (χ2n) is 7.33. The average molecular weight is 378 g/mol. The van der Waals surface area contributed by atoms with Gasteiger partial charge in [-0.1, -0.05) is 49.4 Å². The van der Waals surface area contributed by atoms with Crippen LogP contribution in [0.15, 0.2) is 42.5 Å². The summed E-state index contributed by atoms with van der Waals surface area (Å²) in [4.78, 5) is 25.8. The first kappa shape index (κ1) is 17.7. The molecule has 0 spiro atoms. The van der Waals surface area contributed by atoms with Gasteiger partial charge in [0, 0.05) is 4.88 Å². The minimum Gasteiger partial charge on any atom is -0.365 e. The number of anilines is 1. The van der Waals surface area contributed by atoms with Crippen molar-refractivity contribution in [3.63, 3.8) is 0 Å². The minimum atomic E-state index is -0.456. The van der Waals surface area contributed by atoms with Crippen LogP contribution in [0.1, 0.15) is 39.7 Å². The molecule has 138 valence electrons. The van der Waals surface area contributed by atoms with Crippen molar-refractivity contribution in [3.8, 4) is 0 Å².